The highest BCUT2D eigenvalue weighted by Crippen LogP contribution is 2.32. The highest BCUT2D eigenvalue weighted by molar-refractivity contribution is 6.42. The van der Waals surface area contributed by atoms with Crippen molar-refractivity contribution in [1.82, 2.24) is 0 Å². The average molecular weight is 322 g/mol. The zero-order valence-electron chi connectivity index (χ0n) is 11.2. The molecule has 3 nitrogen and oxygen atoms in total. The van der Waals surface area contributed by atoms with Gasteiger partial charge in [-0.05, 0) is 29.8 Å². The fraction of sp³-hybridized carbons (Fsp3) is 0.188. The summed E-state index contributed by atoms with van der Waals surface area (Å²) in [5, 5.41) is 4.16. The molecular formula is C16H13Cl2NO2. The van der Waals surface area contributed by atoms with E-state index >= 15 is 0 Å². The molecule has 1 N–H and O–H groups in total. The minimum Gasteiger partial charge on any atom is -0.489 e. The number of rotatable bonds is 3. The van der Waals surface area contributed by atoms with Gasteiger partial charge in [-0.15, -0.1) is 0 Å². The third-order valence-corrected chi connectivity index (χ3v) is 4.07. The van der Waals surface area contributed by atoms with E-state index in [1.165, 1.54) is 0 Å². The number of anilines is 1. The van der Waals surface area contributed by atoms with Crippen LogP contribution in [-0.4, -0.2) is 18.9 Å². The van der Waals surface area contributed by atoms with Crippen molar-refractivity contribution in [2.75, 3.05) is 18.5 Å². The van der Waals surface area contributed by atoms with Crippen LogP contribution < -0.4 is 10.1 Å². The second-order valence-corrected chi connectivity index (χ2v) is 5.62. The van der Waals surface area contributed by atoms with Crippen LogP contribution in [0.5, 0.6) is 5.75 Å². The van der Waals surface area contributed by atoms with E-state index in [0.717, 1.165) is 17.8 Å². The van der Waals surface area contributed by atoms with Crippen LogP contribution in [0.2, 0.25) is 10.0 Å². The van der Waals surface area contributed by atoms with Gasteiger partial charge in [0.25, 0.3) is 0 Å². The number of carbonyl (C=O) groups excluding carboxylic acids is 1. The Balaban J connectivity index is 1.87. The van der Waals surface area contributed by atoms with Gasteiger partial charge >= 0.3 is 0 Å². The minimum atomic E-state index is -0.00561. The van der Waals surface area contributed by atoms with E-state index in [1.807, 2.05) is 12.1 Å². The zero-order chi connectivity index (χ0) is 14.8. The zero-order valence-corrected chi connectivity index (χ0v) is 12.7. The molecule has 0 saturated carbocycles. The molecular weight excluding hydrogens is 309 g/mol. The number of ketones is 1. The standard InChI is InChI=1S/C16H13Cl2NO2/c17-12-5-4-10(8-13(12)18)9-15(20)11-2-1-3-14-16(11)21-7-6-19-14/h1-5,8,19H,6-7,9H2. The molecule has 0 radical (unpaired) electrons. The topological polar surface area (TPSA) is 38.3 Å². The summed E-state index contributed by atoms with van der Waals surface area (Å²) in [7, 11) is 0. The van der Waals surface area contributed by atoms with E-state index in [1.54, 1.807) is 24.3 Å². The smallest absolute Gasteiger partial charge is 0.171 e. The Morgan fingerprint density at radius 2 is 2.05 bits per heavy atom. The van der Waals surface area contributed by atoms with Gasteiger partial charge in [-0.2, -0.15) is 0 Å². The van der Waals surface area contributed by atoms with Crippen molar-refractivity contribution >= 4 is 34.7 Å². The van der Waals surface area contributed by atoms with Gasteiger partial charge in [0.05, 0.1) is 21.3 Å². The molecule has 0 fully saturated rings. The van der Waals surface area contributed by atoms with Crippen LogP contribution in [0.3, 0.4) is 0 Å². The number of para-hydroxylation sites is 1. The maximum Gasteiger partial charge on any atom is 0.171 e. The van der Waals surface area contributed by atoms with Gasteiger partial charge in [0.1, 0.15) is 6.61 Å². The molecule has 5 heteroatoms. The van der Waals surface area contributed by atoms with Gasteiger partial charge in [-0.3, -0.25) is 4.79 Å². The van der Waals surface area contributed by atoms with E-state index in [2.05, 4.69) is 5.32 Å². The van der Waals surface area contributed by atoms with Gasteiger partial charge in [0.15, 0.2) is 11.5 Å². The summed E-state index contributed by atoms with van der Waals surface area (Å²) in [5.74, 6) is 0.628. The molecule has 1 aliphatic rings. The number of carbonyl (C=O) groups is 1. The van der Waals surface area contributed by atoms with E-state index in [-0.39, 0.29) is 12.2 Å². The summed E-state index contributed by atoms with van der Waals surface area (Å²) < 4.78 is 5.63. The van der Waals surface area contributed by atoms with Crippen molar-refractivity contribution in [3.63, 3.8) is 0 Å². The number of nitrogens with one attached hydrogen (secondary N) is 1. The molecule has 0 amide bonds. The molecule has 1 heterocycles. The van der Waals surface area contributed by atoms with Crippen molar-refractivity contribution in [3.8, 4) is 5.75 Å². The van der Waals surface area contributed by atoms with Crippen LogP contribution in [0.1, 0.15) is 15.9 Å². The Hall–Kier alpha value is -1.71. The van der Waals surface area contributed by atoms with Crippen molar-refractivity contribution in [2.45, 2.75) is 6.42 Å². The molecule has 0 spiro atoms. The summed E-state index contributed by atoms with van der Waals surface area (Å²) in [6, 6.07) is 10.8. The van der Waals surface area contributed by atoms with Gasteiger partial charge in [0, 0.05) is 13.0 Å². The van der Waals surface area contributed by atoms with Gasteiger partial charge in [0.2, 0.25) is 0 Å². The number of hydrogen-bond donors (Lipinski definition) is 1. The Bertz CT molecular complexity index is 701. The average Bonchev–Trinajstić information content (AvgIpc) is 2.50. The van der Waals surface area contributed by atoms with E-state index < -0.39 is 0 Å². The lowest BCUT2D eigenvalue weighted by Gasteiger charge is -2.21. The molecule has 2 aromatic rings. The lowest BCUT2D eigenvalue weighted by atomic mass is 10.0. The van der Waals surface area contributed by atoms with Crippen molar-refractivity contribution in [2.24, 2.45) is 0 Å². The maximum absolute atomic E-state index is 12.5. The molecule has 1 aliphatic heterocycles. The van der Waals surface area contributed by atoms with Crippen LogP contribution in [0.25, 0.3) is 0 Å². The first-order chi connectivity index (χ1) is 10.1. The lowest BCUT2D eigenvalue weighted by molar-refractivity contribution is 0.0989. The van der Waals surface area contributed by atoms with E-state index in [9.17, 15) is 4.79 Å². The van der Waals surface area contributed by atoms with Crippen LogP contribution in [0.15, 0.2) is 36.4 Å². The summed E-state index contributed by atoms with van der Waals surface area (Å²) in [6.45, 7) is 1.31. The van der Waals surface area contributed by atoms with Crippen LogP contribution in [0, 0.1) is 0 Å². The first kappa shape index (κ1) is 14.2. The minimum absolute atomic E-state index is 0.00561. The SMILES string of the molecule is O=C(Cc1ccc(Cl)c(Cl)c1)c1cccc2c1OCCN2. The number of Topliss-reactive ketones (excluding diaryl/α,β-unsaturated/α-hetero) is 1. The Labute approximate surface area is 132 Å². The summed E-state index contributed by atoms with van der Waals surface area (Å²) in [6.07, 6.45) is 0.261. The van der Waals surface area contributed by atoms with Gasteiger partial charge < -0.3 is 10.1 Å². The van der Waals surface area contributed by atoms with Crippen LogP contribution in [-0.2, 0) is 6.42 Å². The fourth-order valence-corrected chi connectivity index (χ4v) is 2.64. The Morgan fingerprint density at radius 1 is 1.19 bits per heavy atom. The second kappa shape index (κ2) is 5.96. The van der Waals surface area contributed by atoms with Crippen molar-refractivity contribution in [3.05, 3.63) is 57.6 Å². The molecule has 21 heavy (non-hydrogen) atoms. The monoisotopic (exact) mass is 321 g/mol. The number of ether oxygens (including phenoxy) is 1. The molecule has 0 atom stereocenters. The quantitative estimate of drug-likeness (QED) is 0.860. The largest absolute Gasteiger partial charge is 0.489 e. The summed E-state index contributed by atoms with van der Waals surface area (Å²) in [4.78, 5) is 12.5. The first-order valence-corrected chi connectivity index (χ1v) is 7.37. The molecule has 0 saturated heterocycles. The third-order valence-electron chi connectivity index (χ3n) is 3.33. The molecule has 0 aliphatic carbocycles. The van der Waals surface area contributed by atoms with E-state index in [0.29, 0.717) is 28.0 Å². The fourth-order valence-electron chi connectivity index (χ4n) is 2.32. The van der Waals surface area contributed by atoms with Crippen molar-refractivity contribution < 1.29 is 9.53 Å². The summed E-state index contributed by atoms with van der Waals surface area (Å²) in [5.41, 5.74) is 2.28. The summed E-state index contributed by atoms with van der Waals surface area (Å²) >= 11 is 11.9. The molecule has 2 aromatic carbocycles. The number of halogens is 2. The Morgan fingerprint density at radius 3 is 2.86 bits per heavy atom. The molecule has 0 aromatic heterocycles. The lowest BCUT2D eigenvalue weighted by Crippen LogP contribution is -2.20. The highest BCUT2D eigenvalue weighted by Gasteiger charge is 2.19. The van der Waals surface area contributed by atoms with Crippen molar-refractivity contribution in [1.29, 1.82) is 0 Å². The van der Waals surface area contributed by atoms with Gasteiger partial charge in [-0.1, -0.05) is 35.3 Å². The Kier molecular flexibility index (Phi) is 4.04. The number of fused-ring (bicyclic) bond motifs is 1. The van der Waals surface area contributed by atoms with Crippen LogP contribution in [0.4, 0.5) is 5.69 Å². The number of benzene rings is 2. The highest BCUT2D eigenvalue weighted by atomic mass is 35.5. The normalized spacial score (nSPS) is 13.0. The molecule has 108 valence electrons. The van der Waals surface area contributed by atoms with Gasteiger partial charge in [-0.25, -0.2) is 0 Å². The number of hydrogen-bond acceptors (Lipinski definition) is 3. The van der Waals surface area contributed by atoms with Crippen LogP contribution >= 0.6 is 23.2 Å². The maximum atomic E-state index is 12.5. The molecule has 0 bridgehead atoms. The third kappa shape index (κ3) is 2.99. The van der Waals surface area contributed by atoms with E-state index in [4.69, 9.17) is 27.9 Å². The predicted molar refractivity (Wildman–Crippen MR) is 84.9 cm³/mol. The first-order valence-electron chi connectivity index (χ1n) is 6.62. The molecule has 3 rings (SSSR count). The molecule has 0 unspecified atom stereocenters. The second-order valence-electron chi connectivity index (χ2n) is 4.81. The predicted octanol–water partition coefficient (Wildman–Crippen LogP) is 4.22.